The maximum atomic E-state index is 14.2. The third-order valence-corrected chi connectivity index (χ3v) is 4.94. The Kier molecular flexibility index (Phi) is 5.61. The molecule has 1 aliphatic rings. The first-order valence-electron chi connectivity index (χ1n) is 9.56. The number of hydrogen-bond donors (Lipinski definition) is 0. The molecule has 154 valence electrons. The third kappa shape index (κ3) is 4.40. The number of halogens is 2. The van der Waals surface area contributed by atoms with Crippen molar-refractivity contribution in [3.8, 4) is 0 Å². The maximum absolute atomic E-state index is 14.2. The average molecular weight is 410 g/mol. The second-order valence-electron chi connectivity index (χ2n) is 7.23. The highest BCUT2D eigenvalue weighted by Crippen LogP contribution is 2.21. The van der Waals surface area contributed by atoms with Crippen LogP contribution in [0.2, 0.25) is 0 Å². The van der Waals surface area contributed by atoms with Gasteiger partial charge >= 0.3 is 0 Å². The fraction of sp³-hybridized carbons (Fsp3) is 0.217. The third-order valence-electron chi connectivity index (χ3n) is 4.94. The van der Waals surface area contributed by atoms with E-state index in [2.05, 4.69) is 5.16 Å². The predicted molar refractivity (Wildman–Crippen MR) is 107 cm³/mol. The molecule has 2 heterocycles. The number of carbonyl (C=O) groups excluding carboxylic acids is 1. The Bertz CT molecular complexity index is 1060. The van der Waals surface area contributed by atoms with Gasteiger partial charge in [0.25, 0.3) is 5.91 Å². The van der Waals surface area contributed by atoms with E-state index < -0.39 is 17.5 Å². The molecule has 0 N–H and O–H groups in total. The molecule has 1 amide bonds. The van der Waals surface area contributed by atoms with Gasteiger partial charge in [-0.15, -0.1) is 0 Å². The van der Waals surface area contributed by atoms with Crippen molar-refractivity contribution in [1.29, 1.82) is 0 Å². The molecule has 3 aromatic rings. The molecule has 0 radical (unpaired) electrons. The number of hydrogen-bond acceptors (Lipinski definition) is 4. The number of benzene rings is 2. The van der Waals surface area contributed by atoms with Gasteiger partial charge in [-0.1, -0.05) is 41.1 Å². The van der Waals surface area contributed by atoms with Gasteiger partial charge < -0.3 is 14.2 Å². The van der Waals surface area contributed by atoms with Crippen LogP contribution in [0.25, 0.3) is 0 Å². The van der Waals surface area contributed by atoms with Crippen molar-refractivity contribution >= 4 is 11.6 Å². The van der Waals surface area contributed by atoms with Gasteiger partial charge in [0.2, 0.25) is 0 Å². The molecule has 0 aliphatic carbocycles. The highest BCUT2D eigenvalue weighted by atomic mass is 19.1. The van der Waals surface area contributed by atoms with Crippen molar-refractivity contribution in [2.75, 3.05) is 6.54 Å². The van der Waals surface area contributed by atoms with Gasteiger partial charge in [-0.05, 0) is 30.7 Å². The first kappa shape index (κ1) is 19.8. The summed E-state index contributed by atoms with van der Waals surface area (Å²) in [6, 6.07) is 14.4. The second-order valence-corrected chi connectivity index (χ2v) is 7.23. The van der Waals surface area contributed by atoms with Gasteiger partial charge in [0, 0.05) is 24.6 Å². The normalized spacial score (nSPS) is 15.6. The van der Waals surface area contributed by atoms with E-state index >= 15 is 0 Å². The predicted octanol–water partition coefficient (Wildman–Crippen LogP) is 4.70. The van der Waals surface area contributed by atoms with Crippen molar-refractivity contribution in [2.45, 2.75) is 26.0 Å². The fourth-order valence-electron chi connectivity index (χ4n) is 3.32. The van der Waals surface area contributed by atoms with Gasteiger partial charge in [-0.25, -0.2) is 8.78 Å². The van der Waals surface area contributed by atoms with Crippen LogP contribution in [0.5, 0.6) is 0 Å². The molecule has 7 heteroatoms. The van der Waals surface area contributed by atoms with E-state index in [1.165, 1.54) is 23.3 Å². The van der Waals surface area contributed by atoms with E-state index in [4.69, 9.17) is 9.25 Å². The van der Waals surface area contributed by atoms with Crippen LogP contribution in [-0.2, 0) is 11.4 Å². The molecule has 2 aromatic carbocycles. The lowest BCUT2D eigenvalue weighted by molar-refractivity contribution is 0.0385. The van der Waals surface area contributed by atoms with E-state index in [-0.39, 0.29) is 30.5 Å². The summed E-state index contributed by atoms with van der Waals surface area (Å²) in [5, 5.41) is 4.16. The van der Waals surface area contributed by atoms with Crippen LogP contribution in [0.15, 0.2) is 70.4 Å². The molecule has 0 fully saturated rings. The minimum Gasteiger partial charge on any atom is -0.459 e. The molecule has 0 saturated heterocycles. The van der Waals surface area contributed by atoms with Crippen LogP contribution in [0.3, 0.4) is 0 Å². The van der Waals surface area contributed by atoms with E-state index in [9.17, 15) is 13.6 Å². The molecule has 1 aromatic heterocycles. The molecule has 1 aliphatic heterocycles. The zero-order chi connectivity index (χ0) is 21.1. The number of carbonyl (C=O) groups is 1. The van der Waals surface area contributed by atoms with Gasteiger partial charge in [0.05, 0.1) is 18.5 Å². The highest BCUT2D eigenvalue weighted by molar-refractivity contribution is 6.01. The molecule has 30 heavy (non-hydrogen) atoms. The average Bonchev–Trinajstić information content (AvgIpc) is 3.42. The van der Waals surface area contributed by atoms with Crippen LogP contribution in [0.1, 0.15) is 33.7 Å². The number of amides is 1. The SMILES string of the molecule is Cc1ccc(C2=NOC(CN(Cc3ccc(F)cc3F)C(=O)c3ccco3)C2)cc1. The first-order chi connectivity index (χ1) is 14.5. The van der Waals surface area contributed by atoms with Gasteiger partial charge in [-0.3, -0.25) is 4.79 Å². The summed E-state index contributed by atoms with van der Waals surface area (Å²) in [6.45, 7) is 2.13. The lowest BCUT2D eigenvalue weighted by Crippen LogP contribution is -2.37. The number of oxime groups is 1. The van der Waals surface area contributed by atoms with E-state index in [0.29, 0.717) is 6.42 Å². The summed E-state index contributed by atoms with van der Waals surface area (Å²) in [5.41, 5.74) is 3.09. The van der Waals surface area contributed by atoms with Crippen LogP contribution in [-0.4, -0.2) is 29.2 Å². The van der Waals surface area contributed by atoms with Crippen LogP contribution in [0, 0.1) is 18.6 Å². The van der Waals surface area contributed by atoms with Crippen LogP contribution < -0.4 is 0 Å². The number of nitrogens with zero attached hydrogens (tertiary/aromatic N) is 2. The minimum absolute atomic E-state index is 0.0502. The van der Waals surface area contributed by atoms with Crippen molar-refractivity contribution in [2.24, 2.45) is 5.16 Å². The summed E-state index contributed by atoms with van der Waals surface area (Å²) in [5.74, 6) is -1.65. The highest BCUT2D eigenvalue weighted by Gasteiger charge is 2.28. The summed E-state index contributed by atoms with van der Waals surface area (Å²) >= 11 is 0. The van der Waals surface area contributed by atoms with Gasteiger partial charge in [0.1, 0.15) is 11.6 Å². The Morgan fingerprint density at radius 1 is 1.17 bits per heavy atom. The minimum atomic E-state index is -0.712. The Morgan fingerprint density at radius 2 is 1.97 bits per heavy atom. The Labute approximate surface area is 172 Å². The molecule has 4 rings (SSSR count). The lowest BCUT2D eigenvalue weighted by Gasteiger charge is -2.24. The van der Waals surface area contributed by atoms with Crippen molar-refractivity contribution < 1.29 is 22.8 Å². The summed E-state index contributed by atoms with van der Waals surface area (Å²) in [6.07, 6.45) is 1.52. The fourth-order valence-corrected chi connectivity index (χ4v) is 3.32. The Balaban J connectivity index is 1.50. The monoisotopic (exact) mass is 410 g/mol. The number of rotatable bonds is 6. The molecule has 0 spiro atoms. The van der Waals surface area contributed by atoms with E-state index in [1.807, 2.05) is 31.2 Å². The summed E-state index contributed by atoms with van der Waals surface area (Å²) in [7, 11) is 0. The Hall–Kier alpha value is -3.48. The largest absolute Gasteiger partial charge is 0.459 e. The summed E-state index contributed by atoms with van der Waals surface area (Å²) < 4.78 is 32.7. The van der Waals surface area contributed by atoms with Gasteiger partial charge in [0.15, 0.2) is 11.9 Å². The van der Waals surface area contributed by atoms with E-state index in [0.717, 1.165) is 22.9 Å². The maximum Gasteiger partial charge on any atom is 0.289 e. The Morgan fingerprint density at radius 3 is 2.67 bits per heavy atom. The van der Waals surface area contributed by atoms with Crippen LogP contribution >= 0.6 is 0 Å². The first-order valence-corrected chi connectivity index (χ1v) is 9.56. The standard InChI is InChI=1S/C23H20F2N2O3/c1-15-4-6-16(7-5-15)21-12-19(30-26-21)14-27(23(28)22-3-2-10-29-22)13-17-8-9-18(24)11-20(17)25/h2-11,19H,12-14H2,1H3. The van der Waals surface area contributed by atoms with Gasteiger partial charge in [-0.2, -0.15) is 0 Å². The zero-order valence-corrected chi connectivity index (χ0v) is 16.3. The second kappa shape index (κ2) is 8.49. The van der Waals surface area contributed by atoms with Crippen molar-refractivity contribution in [3.05, 3.63) is 94.9 Å². The molecule has 1 atom stereocenters. The molecule has 1 unspecified atom stereocenters. The molecule has 0 bridgehead atoms. The van der Waals surface area contributed by atoms with Crippen molar-refractivity contribution in [3.63, 3.8) is 0 Å². The molecule has 0 saturated carbocycles. The van der Waals surface area contributed by atoms with E-state index in [1.54, 1.807) is 12.1 Å². The molecular weight excluding hydrogens is 390 g/mol. The number of furan rings is 1. The smallest absolute Gasteiger partial charge is 0.289 e. The summed E-state index contributed by atoms with van der Waals surface area (Å²) in [4.78, 5) is 19.9. The lowest BCUT2D eigenvalue weighted by atomic mass is 10.0. The van der Waals surface area contributed by atoms with Crippen LogP contribution in [0.4, 0.5) is 8.78 Å². The zero-order valence-electron chi connectivity index (χ0n) is 16.3. The molecular formula is C23H20F2N2O3. The quantitative estimate of drug-likeness (QED) is 0.592. The number of aryl methyl sites for hydroxylation is 1. The topological polar surface area (TPSA) is 55.0 Å². The van der Waals surface area contributed by atoms with Crippen molar-refractivity contribution in [1.82, 2.24) is 4.90 Å². The molecule has 5 nitrogen and oxygen atoms in total.